The fourth-order valence-electron chi connectivity index (χ4n) is 1.79. The molecule has 0 aliphatic heterocycles. The Morgan fingerprint density at radius 3 is 1.89 bits per heavy atom. The summed E-state index contributed by atoms with van der Waals surface area (Å²) in [7, 11) is 0. The van der Waals surface area contributed by atoms with Crippen molar-refractivity contribution in [2.75, 3.05) is 0 Å². The minimum Gasteiger partial charge on any atom is -0.293 e. The fraction of sp³-hybridized carbons (Fsp3) is 0.188. The normalized spacial score (nSPS) is 11.3. The molecule has 2 aromatic rings. The van der Waals surface area contributed by atoms with E-state index in [0.29, 0.717) is 0 Å². The first-order chi connectivity index (χ1) is 8.48. The molecule has 0 radical (unpaired) electrons. The Labute approximate surface area is 116 Å². The monoisotopic (exact) mass is 302 g/mol. The van der Waals surface area contributed by atoms with E-state index in [9.17, 15) is 4.79 Å². The van der Waals surface area contributed by atoms with Crippen molar-refractivity contribution in [2.45, 2.75) is 18.2 Å². The second-order valence-electron chi connectivity index (χ2n) is 4.74. The van der Waals surface area contributed by atoms with E-state index in [1.165, 1.54) is 0 Å². The molecule has 0 heterocycles. The summed E-state index contributed by atoms with van der Waals surface area (Å²) in [6.45, 7) is 3.72. The van der Waals surface area contributed by atoms with E-state index in [0.717, 1.165) is 16.7 Å². The first kappa shape index (κ1) is 13.0. The van der Waals surface area contributed by atoms with Crippen LogP contribution in [0.1, 0.15) is 24.2 Å². The number of ketones is 1. The van der Waals surface area contributed by atoms with Crippen molar-refractivity contribution in [1.82, 2.24) is 0 Å². The van der Waals surface area contributed by atoms with Crippen molar-refractivity contribution >= 4 is 21.7 Å². The van der Waals surface area contributed by atoms with Crippen LogP contribution in [0.4, 0.5) is 0 Å². The number of halogens is 1. The Morgan fingerprint density at radius 2 is 1.39 bits per heavy atom. The molecule has 2 aromatic carbocycles. The van der Waals surface area contributed by atoms with Crippen molar-refractivity contribution in [3.05, 3.63) is 60.2 Å². The zero-order valence-electron chi connectivity index (χ0n) is 10.5. The van der Waals surface area contributed by atoms with Crippen molar-refractivity contribution < 1.29 is 4.79 Å². The molecule has 18 heavy (non-hydrogen) atoms. The van der Waals surface area contributed by atoms with E-state index < -0.39 is 4.32 Å². The molecule has 0 saturated carbocycles. The molecule has 0 fully saturated rings. The van der Waals surface area contributed by atoms with Gasteiger partial charge in [-0.3, -0.25) is 4.79 Å². The highest BCUT2D eigenvalue weighted by Gasteiger charge is 2.24. The van der Waals surface area contributed by atoms with Crippen LogP contribution in [0, 0.1) is 0 Å². The lowest BCUT2D eigenvalue weighted by molar-refractivity contribution is 0.0961. The van der Waals surface area contributed by atoms with Gasteiger partial charge in [-0.25, -0.2) is 0 Å². The number of carbonyl (C=O) groups is 1. The highest BCUT2D eigenvalue weighted by atomic mass is 79.9. The number of alkyl halides is 1. The van der Waals surface area contributed by atoms with E-state index in [2.05, 4.69) is 28.1 Å². The quantitative estimate of drug-likeness (QED) is 0.593. The summed E-state index contributed by atoms with van der Waals surface area (Å²) in [4.78, 5) is 12.1. The zero-order valence-corrected chi connectivity index (χ0v) is 12.1. The Balaban J connectivity index is 2.29. The molecule has 1 nitrogen and oxygen atoms in total. The molecule has 0 saturated heterocycles. The highest BCUT2D eigenvalue weighted by molar-refractivity contribution is 9.10. The van der Waals surface area contributed by atoms with Gasteiger partial charge in [-0.15, -0.1) is 0 Å². The third-order valence-electron chi connectivity index (χ3n) is 2.79. The van der Waals surface area contributed by atoms with Crippen LogP contribution in [0.5, 0.6) is 0 Å². The van der Waals surface area contributed by atoms with Gasteiger partial charge < -0.3 is 0 Å². The lowest BCUT2D eigenvalue weighted by Gasteiger charge is -2.14. The predicted molar refractivity (Wildman–Crippen MR) is 79.2 cm³/mol. The van der Waals surface area contributed by atoms with Crippen LogP contribution in [-0.4, -0.2) is 10.1 Å². The van der Waals surface area contributed by atoms with Crippen molar-refractivity contribution in [3.8, 4) is 11.1 Å². The van der Waals surface area contributed by atoms with Crippen molar-refractivity contribution in [3.63, 3.8) is 0 Å². The number of hydrogen-bond donors (Lipinski definition) is 0. The summed E-state index contributed by atoms with van der Waals surface area (Å²) in [5.41, 5.74) is 3.02. The maximum absolute atomic E-state index is 12.1. The number of carbonyl (C=O) groups excluding carboxylic acids is 1. The summed E-state index contributed by atoms with van der Waals surface area (Å²) < 4.78 is -0.513. The number of rotatable bonds is 3. The summed E-state index contributed by atoms with van der Waals surface area (Å²) in [6, 6.07) is 17.9. The molecule has 0 aliphatic carbocycles. The molecule has 2 heteroatoms. The molecule has 92 valence electrons. The smallest absolute Gasteiger partial charge is 0.178 e. The van der Waals surface area contributed by atoms with Crippen molar-refractivity contribution in [2.24, 2.45) is 0 Å². The van der Waals surface area contributed by atoms with Crippen LogP contribution in [0.2, 0.25) is 0 Å². The predicted octanol–water partition coefficient (Wildman–Crippen LogP) is 4.71. The largest absolute Gasteiger partial charge is 0.293 e. The maximum Gasteiger partial charge on any atom is 0.178 e. The fourth-order valence-corrected chi connectivity index (χ4v) is 2.02. The molecule has 0 unspecified atom stereocenters. The molecule has 0 aliphatic rings. The van der Waals surface area contributed by atoms with Gasteiger partial charge in [-0.2, -0.15) is 0 Å². The van der Waals surface area contributed by atoms with Gasteiger partial charge >= 0.3 is 0 Å². The van der Waals surface area contributed by atoms with Gasteiger partial charge in [0.15, 0.2) is 5.78 Å². The Hall–Kier alpha value is -1.41. The maximum atomic E-state index is 12.1. The molecular weight excluding hydrogens is 288 g/mol. The first-order valence-corrected chi connectivity index (χ1v) is 6.67. The molecule has 0 aromatic heterocycles. The first-order valence-electron chi connectivity index (χ1n) is 5.88. The second-order valence-corrected chi connectivity index (χ2v) is 6.73. The Kier molecular flexibility index (Phi) is 3.67. The summed E-state index contributed by atoms with van der Waals surface area (Å²) in [5, 5.41) is 0. The number of hydrogen-bond acceptors (Lipinski definition) is 1. The van der Waals surface area contributed by atoms with Gasteiger partial charge in [-0.1, -0.05) is 70.5 Å². The SMILES string of the molecule is CC(C)(Br)C(=O)c1ccc(-c2ccccc2)cc1. The lowest BCUT2D eigenvalue weighted by atomic mass is 9.98. The molecule has 0 bridgehead atoms. The van der Waals surface area contributed by atoms with Crippen LogP contribution in [0.3, 0.4) is 0 Å². The van der Waals surface area contributed by atoms with Gasteiger partial charge in [0.1, 0.15) is 0 Å². The van der Waals surface area contributed by atoms with Gasteiger partial charge in [0.05, 0.1) is 4.32 Å². The molecule has 2 rings (SSSR count). The average Bonchev–Trinajstić information content (AvgIpc) is 2.38. The minimum atomic E-state index is -0.513. The third-order valence-corrected chi connectivity index (χ3v) is 3.15. The molecule has 0 amide bonds. The Morgan fingerprint density at radius 1 is 0.889 bits per heavy atom. The Bertz CT molecular complexity index is 536. The van der Waals surface area contributed by atoms with Gasteiger partial charge in [0.2, 0.25) is 0 Å². The standard InChI is InChI=1S/C16H15BrO/c1-16(2,17)15(18)14-10-8-13(9-11-14)12-6-4-3-5-7-12/h3-11H,1-2H3. The van der Waals surface area contributed by atoms with E-state index in [4.69, 9.17) is 0 Å². The van der Waals surface area contributed by atoms with E-state index >= 15 is 0 Å². The molecule has 0 atom stereocenters. The number of benzene rings is 2. The van der Waals surface area contributed by atoms with Crippen LogP contribution in [0.25, 0.3) is 11.1 Å². The summed E-state index contributed by atoms with van der Waals surface area (Å²) in [5.74, 6) is 0.0992. The van der Waals surface area contributed by atoms with Gasteiger partial charge in [-0.05, 0) is 25.0 Å². The van der Waals surface area contributed by atoms with E-state index in [1.54, 1.807) is 0 Å². The van der Waals surface area contributed by atoms with Crippen LogP contribution >= 0.6 is 15.9 Å². The molecular formula is C16H15BrO. The van der Waals surface area contributed by atoms with Crippen LogP contribution in [0.15, 0.2) is 54.6 Å². The molecule has 0 spiro atoms. The van der Waals surface area contributed by atoms with E-state index in [1.807, 2.05) is 56.3 Å². The number of Topliss-reactive ketones (excluding diaryl/α,β-unsaturated/α-hetero) is 1. The van der Waals surface area contributed by atoms with Crippen LogP contribution in [-0.2, 0) is 0 Å². The van der Waals surface area contributed by atoms with Gasteiger partial charge in [0, 0.05) is 5.56 Å². The lowest BCUT2D eigenvalue weighted by Crippen LogP contribution is -2.23. The minimum absolute atomic E-state index is 0.0992. The topological polar surface area (TPSA) is 17.1 Å². The van der Waals surface area contributed by atoms with Crippen molar-refractivity contribution in [1.29, 1.82) is 0 Å². The van der Waals surface area contributed by atoms with Crippen LogP contribution < -0.4 is 0 Å². The van der Waals surface area contributed by atoms with E-state index in [-0.39, 0.29) is 5.78 Å². The summed E-state index contributed by atoms with van der Waals surface area (Å²) >= 11 is 3.39. The summed E-state index contributed by atoms with van der Waals surface area (Å²) in [6.07, 6.45) is 0. The van der Waals surface area contributed by atoms with Gasteiger partial charge in [0.25, 0.3) is 0 Å². The third kappa shape index (κ3) is 2.88. The second kappa shape index (κ2) is 5.07. The average molecular weight is 303 g/mol. The highest BCUT2D eigenvalue weighted by Crippen LogP contribution is 2.24. The molecule has 0 N–H and O–H groups in total. The zero-order chi connectivity index (χ0) is 13.2.